The predicted molar refractivity (Wildman–Crippen MR) is 73.6 cm³/mol. The minimum Gasteiger partial charge on any atom is -0.149 e. The van der Waals surface area contributed by atoms with Crippen molar-refractivity contribution in [3.8, 4) is 0 Å². The van der Waals surface area contributed by atoms with Gasteiger partial charge in [0.2, 0.25) is 6.20 Å². The highest BCUT2D eigenvalue weighted by molar-refractivity contribution is 7.81. The van der Waals surface area contributed by atoms with Crippen molar-refractivity contribution in [3.05, 3.63) is 65.5 Å². The van der Waals surface area contributed by atoms with Gasteiger partial charge in [0.25, 0.3) is 0 Å². The monoisotopic (exact) mass is 243 g/mol. The molecule has 1 aromatic carbocycles. The van der Waals surface area contributed by atoms with Crippen LogP contribution in [0.1, 0.15) is 16.7 Å². The van der Waals surface area contributed by atoms with E-state index in [1.807, 2.05) is 48.3 Å². The smallest absolute Gasteiger partial charge is 0.149 e. The molecule has 0 aliphatic rings. The predicted octanol–water partition coefficient (Wildman–Crippen LogP) is 2.51. The van der Waals surface area contributed by atoms with Gasteiger partial charge in [0.1, 0.15) is 0 Å². The van der Waals surface area contributed by atoms with Crippen LogP contribution in [0.15, 0.2) is 48.8 Å². The van der Waals surface area contributed by atoms with Gasteiger partial charge in [0, 0.05) is 17.2 Å². The molecule has 2 aromatic rings. The summed E-state index contributed by atoms with van der Waals surface area (Å²) in [7, 11) is 0. The maximum atomic E-state index is 5.36. The van der Waals surface area contributed by atoms with Crippen molar-refractivity contribution in [2.75, 3.05) is 5.43 Å². The van der Waals surface area contributed by atoms with E-state index in [4.69, 9.17) is 12.2 Å². The second-order valence-corrected chi connectivity index (χ2v) is 4.50. The van der Waals surface area contributed by atoms with E-state index in [1.165, 1.54) is 11.1 Å². The van der Waals surface area contributed by atoms with Crippen molar-refractivity contribution in [3.63, 3.8) is 0 Å². The lowest BCUT2D eigenvalue weighted by atomic mass is 10.1. The molecule has 0 aliphatic carbocycles. The molecule has 0 atom stereocenters. The Hall–Kier alpha value is -1.74. The molecular weight excluding hydrogens is 228 g/mol. The van der Waals surface area contributed by atoms with E-state index in [0.717, 1.165) is 10.6 Å². The average molecular weight is 243 g/mol. The molecule has 2 rings (SSSR count). The molecule has 0 saturated heterocycles. The standard InChI is InChI=1S/C14H14N2S/c1-11-5-7-13(8-6-11)14(17)15-16-9-3-4-12(2)10-16/h3-10H,1-2H3/p+1. The van der Waals surface area contributed by atoms with E-state index >= 15 is 0 Å². The molecule has 0 fully saturated rings. The van der Waals surface area contributed by atoms with Crippen LogP contribution in [0.25, 0.3) is 0 Å². The van der Waals surface area contributed by atoms with Crippen LogP contribution in [-0.4, -0.2) is 4.99 Å². The Kier molecular flexibility index (Phi) is 3.49. The van der Waals surface area contributed by atoms with Gasteiger partial charge in [0.15, 0.2) is 11.2 Å². The first-order valence-corrected chi connectivity index (χ1v) is 5.92. The van der Waals surface area contributed by atoms with Crippen LogP contribution in [0.3, 0.4) is 0 Å². The fourth-order valence-corrected chi connectivity index (χ4v) is 1.79. The number of rotatable bonds is 2. The Labute approximate surface area is 107 Å². The topological polar surface area (TPSA) is 15.9 Å². The number of hydrogen-bond acceptors (Lipinski definition) is 1. The number of thiocarbonyl (C=S) groups is 1. The number of benzene rings is 1. The van der Waals surface area contributed by atoms with E-state index in [2.05, 4.69) is 24.5 Å². The highest BCUT2D eigenvalue weighted by Crippen LogP contribution is 2.03. The number of aromatic nitrogens is 1. The SMILES string of the molecule is Cc1ccc(C(=S)N[n+]2cccc(C)c2)cc1. The van der Waals surface area contributed by atoms with E-state index in [9.17, 15) is 0 Å². The third-order valence-electron chi connectivity index (χ3n) is 2.49. The number of nitrogens with one attached hydrogen (secondary N) is 1. The molecule has 1 N–H and O–H groups in total. The minimum atomic E-state index is 0.723. The van der Waals surface area contributed by atoms with Crippen molar-refractivity contribution < 1.29 is 4.68 Å². The zero-order valence-corrected chi connectivity index (χ0v) is 10.8. The van der Waals surface area contributed by atoms with Gasteiger partial charge in [0.05, 0.1) is 0 Å². The van der Waals surface area contributed by atoms with E-state index in [0.29, 0.717) is 0 Å². The zero-order valence-electron chi connectivity index (χ0n) is 9.97. The summed E-state index contributed by atoms with van der Waals surface area (Å²) in [5.41, 5.74) is 6.62. The maximum Gasteiger partial charge on any atom is 0.202 e. The quantitative estimate of drug-likeness (QED) is 0.644. The number of nitrogens with zero attached hydrogens (tertiary/aromatic N) is 1. The summed E-state index contributed by atoms with van der Waals surface area (Å²) < 4.78 is 1.87. The molecule has 1 heterocycles. The van der Waals surface area contributed by atoms with Gasteiger partial charge in [-0.15, -0.1) is 5.43 Å². The van der Waals surface area contributed by atoms with Crippen LogP contribution in [-0.2, 0) is 0 Å². The second kappa shape index (κ2) is 5.06. The second-order valence-electron chi connectivity index (χ2n) is 4.10. The van der Waals surface area contributed by atoms with Crippen LogP contribution >= 0.6 is 12.2 Å². The molecule has 17 heavy (non-hydrogen) atoms. The fourth-order valence-electron chi connectivity index (χ4n) is 1.55. The molecule has 0 spiro atoms. The first-order chi connectivity index (χ1) is 8.15. The van der Waals surface area contributed by atoms with Gasteiger partial charge < -0.3 is 0 Å². The highest BCUT2D eigenvalue weighted by Gasteiger charge is 2.06. The van der Waals surface area contributed by atoms with Crippen LogP contribution < -0.4 is 10.1 Å². The minimum absolute atomic E-state index is 0.723. The third-order valence-corrected chi connectivity index (χ3v) is 2.82. The van der Waals surface area contributed by atoms with Gasteiger partial charge >= 0.3 is 0 Å². The Bertz CT molecular complexity index is 532. The van der Waals surface area contributed by atoms with E-state index in [1.54, 1.807) is 0 Å². The third kappa shape index (κ3) is 3.11. The average Bonchev–Trinajstić information content (AvgIpc) is 2.29. The molecule has 0 radical (unpaired) electrons. The molecule has 0 bridgehead atoms. The van der Waals surface area contributed by atoms with Crippen molar-refractivity contribution in [2.24, 2.45) is 0 Å². The van der Waals surface area contributed by atoms with Gasteiger partial charge in [-0.05, 0) is 19.9 Å². The first kappa shape index (κ1) is 11.7. The highest BCUT2D eigenvalue weighted by atomic mass is 32.1. The Morgan fingerprint density at radius 1 is 1.06 bits per heavy atom. The number of hydrogen-bond donors (Lipinski definition) is 1. The molecule has 86 valence electrons. The molecule has 0 saturated carbocycles. The normalized spacial score (nSPS) is 10.0. The van der Waals surface area contributed by atoms with Crippen molar-refractivity contribution >= 4 is 17.2 Å². The van der Waals surface area contributed by atoms with Crippen LogP contribution in [0.4, 0.5) is 0 Å². The molecule has 3 heteroatoms. The fraction of sp³-hybridized carbons (Fsp3) is 0.143. The molecular formula is C14H15N2S+. The molecule has 0 aliphatic heterocycles. The maximum absolute atomic E-state index is 5.36. The Balaban J connectivity index is 2.14. The summed E-state index contributed by atoms with van der Waals surface area (Å²) in [6, 6.07) is 12.2. The summed E-state index contributed by atoms with van der Waals surface area (Å²) in [5.74, 6) is 0. The number of pyridine rings is 1. The lowest BCUT2D eigenvalue weighted by Gasteiger charge is -2.03. The van der Waals surface area contributed by atoms with Gasteiger partial charge in [-0.2, -0.15) is 0 Å². The lowest BCUT2D eigenvalue weighted by molar-refractivity contribution is -0.640. The first-order valence-electron chi connectivity index (χ1n) is 5.51. The van der Waals surface area contributed by atoms with Crippen LogP contribution in [0.2, 0.25) is 0 Å². The summed E-state index contributed by atoms with van der Waals surface area (Å²) in [6.45, 7) is 4.11. The van der Waals surface area contributed by atoms with Gasteiger partial charge in [-0.1, -0.05) is 46.7 Å². The molecule has 2 nitrogen and oxygen atoms in total. The molecule has 1 aromatic heterocycles. The van der Waals surface area contributed by atoms with Crippen LogP contribution in [0, 0.1) is 13.8 Å². The molecule has 0 unspecified atom stereocenters. The van der Waals surface area contributed by atoms with Crippen LogP contribution in [0.5, 0.6) is 0 Å². The largest absolute Gasteiger partial charge is 0.202 e. The van der Waals surface area contributed by atoms with Gasteiger partial charge in [-0.3, -0.25) is 0 Å². The Morgan fingerprint density at radius 2 is 1.76 bits per heavy atom. The number of aryl methyl sites for hydroxylation is 2. The lowest BCUT2D eigenvalue weighted by Crippen LogP contribution is -2.47. The zero-order chi connectivity index (χ0) is 12.3. The molecule has 0 amide bonds. The van der Waals surface area contributed by atoms with Crippen molar-refractivity contribution in [1.82, 2.24) is 0 Å². The summed E-state index contributed by atoms with van der Waals surface area (Å²) in [5, 5.41) is 0. The van der Waals surface area contributed by atoms with Crippen molar-refractivity contribution in [2.45, 2.75) is 13.8 Å². The van der Waals surface area contributed by atoms with Crippen molar-refractivity contribution in [1.29, 1.82) is 0 Å². The summed E-state index contributed by atoms with van der Waals surface area (Å²) >= 11 is 5.36. The Morgan fingerprint density at radius 3 is 2.41 bits per heavy atom. The van der Waals surface area contributed by atoms with E-state index < -0.39 is 0 Å². The van der Waals surface area contributed by atoms with E-state index in [-0.39, 0.29) is 0 Å². The van der Waals surface area contributed by atoms with Gasteiger partial charge in [-0.25, -0.2) is 0 Å². The summed E-state index contributed by atoms with van der Waals surface area (Å²) in [4.78, 5) is 0.723. The summed E-state index contributed by atoms with van der Waals surface area (Å²) in [6.07, 6.45) is 3.94.